The van der Waals surface area contributed by atoms with Crippen molar-refractivity contribution in [3.63, 3.8) is 0 Å². The van der Waals surface area contributed by atoms with E-state index in [0.29, 0.717) is 0 Å². The monoisotopic (exact) mass is 230 g/mol. The molecule has 0 radical (unpaired) electrons. The largest absolute Gasteiger partial charge is 0.447 e. The van der Waals surface area contributed by atoms with E-state index in [-0.39, 0.29) is 38.7 Å². The Kier molecular flexibility index (Phi) is 3.08. The molecule has 2 fully saturated rings. The van der Waals surface area contributed by atoms with Crippen molar-refractivity contribution in [2.24, 2.45) is 0 Å². The van der Waals surface area contributed by atoms with Crippen LogP contribution in [0.1, 0.15) is 0 Å². The molecule has 2 saturated heterocycles. The molecular formula is C9H14N2O5. The number of hydrogen-bond acceptors (Lipinski definition) is 6. The van der Waals surface area contributed by atoms with Crippen LogP contribution in [0.4, 0.5) is 4.79 Å². The van der Waals surface area contributed by atoms with Gasteiger partial charge in [-0.15, -0.1) is 0 Å². The molecule has 16 heavy (non-hydrogen) atoms. The first-order chi connectivity index (χ1) is 7.58. The molecule has 0 aliphatic carbocycles. The first-order valence-electron chi connectivity index (χ1n) is 5.13. The van der Waals surface area contributed by atoms with Crippen LogP contribution in [0.5, 0.6) is 0 Å². The molecule has 0 bridgehead atoms. The zero-order valence-electron chi connectivity index (χ0n) is 8.70. The minimum atomic E-state index is -0.821. The van der Waals surface area contributed by atoms with E-state index in [1.165, 1.54) is 0 Å². The number of nitrogens with zero attached hydrogens (tertiary/aromatic N) is 2. The van der Waals surface area contributed by atoms with Gasteiger partial charge in [0.1, 0.15) is 6.61 Å². The zero-order chi connectivity index (χ0) is 11.7. The number of carbonyl (C=O) groups excluding carboxylic acids is 2. The average molecular weight is 230 g/mol. The van der Waals surface area contributed by atoms with E-state index in [9.17, 15) is 19.8 Å². The maximum absolute atomic E-state index is 11.6. The number of aliphatic hydroxyl groups excluding tert-OH is 2. The molecule has 2 heterocycles. The Hall–Kier alpha value is -1.18. The Balaban J connectivity index is 1.86. The van der Waals surface area contributed by atoms with Crippen molar-refractivity contribution in [2.45, 2.75) is 12.2 Å². The van der Waals surface area contributed by atoms with Gasteiger partial charge >= 0.3 is 6.09 Å². The highest BCUT2D eigenvalue weighted by Crippen LogP contribution is 2.11. The van der Waals surface area contributed by atoms with Gasteiger partial charge in [-0.05, 0) is 0 Å². The third-order valence-corrected chi connectivity index (χ3v) is 2.76. The van der Waals surface area contributed by atoms with Crippen molar-refractivity contribution in [3.05, 3.63) is 0 Å². The molecule has 2 rings (SSSR count). The number of aliphatic hydroxyl groups is 2. The predicted molar refractivity (Wildman–Crippen MR) is 51.5 cm³/mol. The number of ether oxygens (including phenoxy) is 1. The molecule has 7 heteroatoms. The summed E-state index contributed by atoms with van der Waals surface area (Å²) >= 11 is 0. The number of β-amino-alcohol motifs (C(OH)–C–C–N with tert-alkyl or cyclic N) is 2. The Labute approximate surface area is 92.2 Å². The average Bonchev–Trinajstić information content (AvgIpc) is 2.74. The smallest absolute Gasteiger partial charge is 0.416 e. The summed E-state index contributed by atoms with van der Waals surface area (Å²) in [5.41, 5.74) is 0. The van der Waals surface area contributed by atoms with Crippen LogP contribution >= 0.6 is 0 Å². The highest BCUT2D eigenvalue weighted by molar-refractivity contribution is 5.94. The zero-order valence-corrected chi connectivity index (χ0v) is 8.70. The fraction of sp³-hybridized carbons (Fsp3) is 0.778. The molecule has 2 amide bonds. The lowest BCUT2D eigenvalue weighted by atomic mass is 10.3. The second-order valence-corrected chi connectivity index (χ2v) is 3.99. The maximum Gasteiger partial charge on any atom is 0.416 e. The molecule has 7 nitrogen and oxygen atoms in total. The van der Waals surface area contributed by atoms with Gasteiger partial charge in [-0.25, -0.2) is 9.69 Å². The standard InChI is InChI=1S/C9H14N2O5/c12-6-3-10(4-7(6)13)5-8(14)11-1-2-16-9(11)15/h6-7,12-13H,1-5H2/t6-,7+. The van der Waals surface area contributed by atoms with Crippen LogP contribution in [0.15, 0.2) is 0 Å². The van der Waals surface area contributed by atoms with Crippen LogP contribution in [0, 0.1) is 0 Å². The van der Waals surface area contributed by atoms with Crippen LogP contribution in [0.2, 0.25) is 0 Å². The third-order valence-electron chi connectivity index (χ3n) is 2.76. The topological polar surface area (TPSA) is 90.3 Å². The normalized spacial score (nSPS) is 30.9. The number of carbonyl (C=O) groups is 2. The molecule has 0 saturated carbocycles. The Bertz CT molecular complexity index is 298. The molecule has 2 aliphatic rings. The van der Waals surface area contributed by atoms with E-state index in [2.05, 4.69) is 4.74 Å². The minimum absolute atomic E-state index is 0.0171. The van der Waals surface area contributed by atoms with Crippen molar-refractivity contribution in [1.82, 2.24) is 9.80 Å². The van der Waals surface area contributed by atoms with Crippen molar-refractivity contribution in [2.75, 3.05) is 32.8 Å². The predicted octanol–water partition coefficient (Wildman–Crippen LogP) is -2.00. The summed E-state index contributed by atoms with van der Waals surface area (Å²) < 4.78 is 4.64. The number of hydrogen-bond donors (Lipinski definition) is 2. The number of likely N-dealkylation sites (tertiary alicyclic amines) is 1. The quantitative estimate of drug-likeness (QED) is 0.570. The number of rotatable bonds is 2. The van der Waals surface area contributed by atoms with E-state index < -0.39 is 18.3 Å². The number of imide groups is 1. The lowest BCUT2D eigenvalue weighted by Gasteiger charge is -2.17. The van der Waals surface area contributed by atoms with Gasteiger partial charge in [0.15, 0.2) is 0 Å². The summed E-state index contributed by atoms with van der Waals surface area (Å²) in [4.78, 5) is 25.4. The highest BCUT2D eigenvalue weighted by atomic mass is 16.6. The van der Waals surface area contributed by atoms with Gasteiger partial charge < -0.3 is 14.9 Å². The summed E-state index contributed by atoms with van der Waals surface area (Å²) in [5.74, 6) is -0.358. The second-order valence-electron chi connectivity index (χ2n) is 3.99. The summed E-state index contributed by atoms with van der Waals surface area (Å²) in [5, 5.41) is 18.6. The molecule has 0 aromatic carbocycles. The first-order valence-corrected chi connectivity index (χ1v) is 5.13. The van der Waals surface area contributed by atoms with Crippen molar-refractivity contribution in [3.8, 4) is 0 Å². The van der Waals surface area contributed by atoms with E-state index in [1.54, 1.807) is 4.90 Å². The van der Waals surface area contributed by atoms with Gasteiger partial charge in [-0.3, -0.25) is 9.69 Å². The van der Waals surface area contributed by atoms with Crippen molar-refractivity contribution in [1.29, 1.82) is 0 Å². The van der Waals surface area contributed by atoms with Gasteiger partial charge in [0.2, 0.25) is 5.91 Å². The maximum atomic E-state index is 11.6. The van der Waals surface area contributed by atoms with Gasteiger partial charge in [0, 0.05) is 13.1 Å². The molecule has 2 atom stereocenters. The van der Waals surface area contributed by atoms with E-state index in [4.69, 9.17) is 0 Å². The molecule has 0 aromatic rings. The lowest BCUT2D eigenvalue weighted by molar-refractivity contribution is -0.128. The molecule has 90 valence electrons. The van der Waals surface area contributed by atoms with E-state index in [0.717, 1.165) is 4.90 Å². The van der Waals surface area contributed by atoms with Crippen LogP contribution in [0.25, 0.3) is 0 Å². The molecule has 0 spiro atoms. The van der Waals surface area contributed by atoms with Crippen LogP contribution in [0.3, 0.4) is 0 Å². The number of cyclic esters (lactones) is 1. The Morgan fingerprint density at radius 1 is 1.38 bits per heavy atom. The molecule has 0 aromatic heterocycles. The van der Waals surface area contributed by atoms with Gasteiger partial charge in [0.05, 0.1) is 25.3 Å². The molecule has 2 aliphatic heterocycles. The Morgan fingerprint density at radius 2 is 2.00 bits per heavy atom. The summed E-state index contributed by atoms with van der Waals surface area (Å²) in [7, 11) is 0. The summed E-state index contributed by atoms with van der Waals surface area (Å²) in [6, 6.07) is 0. The minimum Gasteiger partial charge on any atom is -0.447 e. The van der Waals surface area contributed by atoms with Crippen LogP contribution in [-0.4, -0.2) is 77.0 Å². The fourth-order valence-corrected chi connectivity index (χ4v) is 1.87. The van der Waals surface area contributed by atoms with Crippen LogP contribution < -0.4 is 0 Å². The molecule has 2 N–H and O–H groups in total. The van der Waals surface area contributed by atoms with E-state index in [1.807, 2.05) is 0 Å². The van der Waals surface area contributed by atoms with E-state index >= 15 is 0 Å². The molecular weight excluding hydrogens is 216 g/mol. The fourth-order valence-electron chi connectivity index (χ4n) is 1.87. The van der Waals surface area contributed by atoms with Gasteiger partial charge in [-0.2, -0.15) is 0 Å². The summed E-state index contributed by atoms with van der Waals surface area (Å²) in [6.07, 6.45) is -2.26. The van der Waals surface area contributed by atoms with Gasteiger partial charge in [0.25, 0.3) is 0 Å². The summed E-state index contributed by atoms with van der Waals surface area (Å²) in [6.45, 7) is 1.02. The van der Waals surface area contributed by atoms with Gasteiger partial charge in [-0.1, -0.05) is 0 Å². The lowest BCUT2D eigenvalue weighted by Crippen LogP contribution is -2.40. The molecule has 0 unspecified atom stereocenters. The Morgan fingerprint density at radius 3 is 2.50 bits per heavy atom. The van der Waals surface area contributed by atoms with Crippen LogP contribution in [-0.2, 0) is 9.53 Å². The highest BCUT2D eigenvalue weighted by Gasteiger charge is 2.34. The third kappa shape index (κ3) is 2.16. The second kappa shape index (κ2) is 4.36. The first kappa shape index (κ1) is 11.3. The SMILES string of the molecule is O=C(CN1C[C@@H](O)[C@@H](O)C1)N1CCOC1=O. The van der Waals surface area contributed by atoms with Crippen molar-refractivity contribution >= 4 is 12.0 Å². The van der Waals surface area contributed by atoms with Crippen molar-refractivity contribution < 1.29 is 24.5 Å². The number of amides is 2.